The van der Waals surface area contributed by atoms with Gasteiger partial charge in [-0.05, 0) is 49.5 Å². The fourth-order valence-electron chi connectivity index (χ4n) is 3.00. The third kappa shape index (κ3) is 3.58. The van der Waals surface area contributed by atoms with Crippen LogP contribution in [-0.4, -0.2) is 15.3 Å². The molecule has 102 valence electrons. The first-order valence-corrected chi connectivity index (χ1v) is 7.15. The summed E-state index contributed by atoms with van der Waals surface area (Å²) >= 11 is 0. The van der Waals surface area contributed by atoms with E-state index in [9.17, 15) is 0 Å². The van der Waals surface area contributed by atoms with Gasteiger partial charge in [0.05, 0.1) is 6.20 Å². The van der Waals surface area contributed by atoms with Crippen molar-refractivity contribution in [3.05, 3.63) is 18.0 Å². The normalized spacial score (nSPS) is 28.0. The van der Waals surface area contributed by atoms with Crippen LogP contribution in [0.3, 0.4) is 0 Å². The maximum atomic E-state index is 6.61. The van der Waals surface area contributed by atoms with Crippen molar-refractivity contribution in [1.29, 1.82) is 0 Å². The van der Waals surface area contributed by atoms with E-state index in [-0.39, 0.29) is 5.54 Å². The molecule has 3 heteroatoms. The van der Waals surface area contributed by atoms with Crippen LogP contribution in [0.15, 0.2) is 12.4 Å². The lowest BCUT2D eigenvalue weighted by molar-refractivity contribution is 0.291. The number of aryl methyl sites for hydroxylation is 2. The average Bonchev–Trinajstić information content (AvgIpc) is 2.64. The molecule has 1 aromatic heterocycles. The first kappa shape index (κ1) is 13.6. The van der Waals surface area contributed by atoms with Crippen LogP contribution in [0.4, 0.5) is 0 Å². The van der Waals surface area contributed by atoms with Crippen LogP contribution in [0.1, 0.15) is 57.9 Å². The fourth-order valence-corrected chi connectivity index (χ4v) is 3.00. The molecule has 0 aromatic carbocycles. The van der Waals surface area contributed by atoms with Gasteiger partial charge < -0.3 is 5.73 Å². The van der Waals surface area contributed by atoms with Crippen molar-refractivity contribution in [3.63, 3.8) is 0 Å². The van der Waals surface area contributed by atoms with Gasteiger partial charge in [-0.3, -0.25) is 4.68 Å². The summed E-state index contributed by atoms with van der Waals surface area (Å²) in [7, 11) is 1.97. The van der Waals surface area contributed by atoms with Crippen molar-refractivity contribution in [2.45, 2.75) is 64.3 Å². The first-order valence-electron chi connectivity index (χ1n) is 7.15. The molecule has 1 unspecified atom stereocenters. The molecule has 1 aliphatic rings. The Morgan fingerprint density at radius 1 is 1.28 bits per heavy atom. The van der Waals surface area contributed by atoms with Crippen molar-refractivity contribution >= 4 is 0 Å². The molecule has 0 amide bonds. The van der Waals surface area contributed by atoms with E-state index in [2.05, 4.69) is 25.1 Å². The second-order valence-corrected chi connectivity index (χ2v) is 6.90. The quantitative estimate of drug-likeness (QED) is 0.837. The molecular formula is C15H27N3. The van der Waals surface area contributed by atoms with Crippen molar-refractivity contribution < 1.29 is 0 Å². The van der Waals surface area contributed by atoms with Gasteiger partial charge in [-0.25, -0.2) is 0 Å². The van der Waals surface area contributed by atoms with E-state index in [1.807, 2.05) is 17.9 Å². The molecular weight excluding hydrogens is 222 g/mol. The highest BCUT2D eigenvalue weighted by Gasteiger charge is 2.32. The fraction of sp³-hybridized carbons (Fsp3) is 0.800. The highest BCUT2D eigenvalue weighted by atomic mass is 15.2. The van der Waals surface area contributed by atoms with E-state index in [1.165, 1.54) is 37.7 Å². The van der Waals surface area contributed by atoms with Crippen LogP contribution < -0.4 is 5.73 Å². The van der Waals surface area contributed by atoms with E-state index < -0.39 is 0 Å². The van der Waals surface area contributed by atoms with Crippen LogP contribution in [0.2, 0.25) is 0 Å². The number of nitrogens with zero attached hydrogens (tertiary/aromatic N) is 2. The van der Waals surface area contributed by atoms with Crippen LogP contribution in [-0.2, 0) is 13.5 Å². The van der Waals surface area contributed by atoms with E-state index in [0.717, 1.165) is 12.8 Å². The maximum Gasteiger partial charge on any atom is 0.0521 e. The molecule has 2 rings (SSSR count). The Morgan fingerprint density at radius 3 is 2.72 bits per heavy atom. The molecule has 0 aliphatic heterocycles. The third-order valence-corrected chi connectivity index (χ3v) is 4.50. The number of nitrogens with two attached hydrogens (primary N) is 1. The molecule has 0 saturated heterocycles. The van der Waals surface area contributed by atoms with Gasteiger partial charge in [0.1, 0.15) is 0 Å². The summed E-state index contributed by atoms with van der Waals surface area (Å²) in [6.45, 7) is 4.75. The number of rotatable bonds is 3. The topological polar surface area (TPSA) is 43.8 Å². The molecule has 1 aromatic rings. The number of hydrogen-bond acceptors (Lipinski definition) is 2. The minimum absolute atomic E-state index is 0.0452. The molecule has 0 spiro atoms. The standard InChI is InChI=1S/C15H27N3/c1-14(2)6-4-7-15(16,10-9-14)8-5-13-11-17-18(3)12-13/h11-12H,4-10,16H2,1-3H3. The van der Waals surface area contributed by atoms with Gasteiger partial charge in [-0.2, -0.15) is 5.10 Å². The Labute approximate surface area is 111 Å². The maximum absolute atomic E-state index is 6.61. The Morgan fingerprint density at radius 2 is 2.06 bits per heavy atom. The smallest absolute Gasteiger partial charge is 0.0521 e. The zero-order chi connectivity index (χ0) is 13.2. The summed E-state index contributed by atoms with van der Waals surface area (Å²) in [5, 5.41) is 4.22. The van der Waals surface area contributed by atoms with Crippen molar-refractivity contribution in [3.8, 4) is 0 Å². The summed E-state index contributed by atoms with van der Waals surface area (Å²) in [5.41, 5.74) is 8.45. The van der Waals surface area contributed by atoms with E-state index >= 15 is 0 Å². The first-order chi connectivity index (χ1) is 8.39. The molecule has 1 fully saturated rings. The highest BCUT2D eigenvalue weighted by Crippen LogP contribution is 2.38. The van der Waals surface area contributed by atoms with Gasteiger partial charge in [-0.15, -0.1) is 0 Å². The lowest BCUT2D eigenvalue weighted by Gasteiger charge is -2.29. The van der Waals surface area contributed by atoms with Gasteiger partial charge in [0.25, 0.3) is 0 Å². The minimum atomic E-state index is 0.0452. The van der Waals surface area contributed by atoms with Crippen molar-refractivity contribution in [2.75, 3.05) is 0 Å². The lowest BCUT2D eigenvalue weighted by Crippen LogP contribution is -2.39. The van der Waals surface area contributed by atoms with Crippen LogP contribution in [0.25, 0.3) is 0 Å². The SMILES string of the molecule is Cn1cc(CCC2(N)CCCC(C)(C)CC2)cn1. The largest absolute Gasteiger partial charge is 0.325 e. The number of aromatic nitrogens is 2. The highest BCUT2D eigenvalue weighted by molar-refractivity contribution is 5.05. The number of hydrogen-bond donors (Lipinski definition) is 1. The predicted octanol–water partition coefficient (Wildman–Crippen LogP) is 3.04. The molecule has 0 bridgehead atoms. The predicted molar refractivity (Wildman–Crippen MR) is 75.3 cm³/mol. The van der Waals surface area contributed by atoms with E-state index in [0.29, 0.717) is 5.41 Å². The molecule has 2 N–H and O–H groups in total. The van der Waals surface area contributed by atoms with E-state index in [4.69, 9.17) is 5.73 Å². The molecule has 18 heavy (non-hydrogen) atoms. The molecule has 3 nitrogen and oxygen atoms in total. The summed E-state index contributed by atoms with van der Waals surface area (Å²) in [4.78, 5) is 0. The lowest BCUT2D eigenvalue weighted by atomic mass is 9.82. The Bertz CT molecular complexity index is 394. The van der Waals surface area contributed by atoms with Gasteiger partial charge in [0.2, 0.25) is 0 Å². The van der Waals surface area contributed by atoms with Crippen molar-refractivity contribution in [2.24, 2.45) is 18.2 Å². The molecule has 1 saturated carbocycles. The van der Waals surface area contributed by atoms with Gasteiger partial charge in [-0.1, -0.05) is 20.3 Å². The molecule has 0 radical (unpaired) electrons. The van der Waals surface area contributed by atoms with Gasteiger partial charge in [0, 0.05) is 18.8 Å². The average molecular weight is 249 g/mol. The summed E-state index contributed by atoms with van der Waals surface area (Å²) in [5.74, 6) is 0. The summed E-state index contributed by atoms with van der Waals surface area (Å²) in [6.07, 6.45) is 12.4. The monoisotopic (exact) mass is 249 g/mol. The van der Waals surface area contributed by atoms with E-state index in [1.54, 1.807) is 0 Å². The van der Waals surface area contributed by atoms with Crippen LogP contribution >= 0.6 is 0 Å². The molecule has 1 heterocycles. The van der Waals surface area contributed by atoms with Gasteiger partial charge in [0.15, 0.2) is 0 Å². The van der Waals surface area contributed by atoms with Crippen LogP contribution in [0, 0.1) is 5.41 Å². The second-order valence-electron chi connectivity index (χ2n) is 6.90. The Hall–Kier alpha value is -0.830. The van der Waals surface area contributed by atoms with Crippen LogP contribution in [0.5, 0.6) is 0 Å². The van der Waals surface area contributed by atoms with Crippen molar-refractivity contribution in [1.82, 2.24) is 9.78 Å². The zero-order valence-corrected chi connectivity index (χ0v) is 12.1. The summed E-state index contributed by atoms with van der Waals surface area (Å²) in [6, 6.07) is 0. The molecule has 1 atom stereocenters. The molecule has 1 aliphatic carbocycles. The Kier molecular flexibility index (Phi) is 3.81. The minimum Gasteiger partial charge on any atom is -0.325 e. The Balaban J connectivity index is 1.91. The zero-order valence-electron chi connectivity index (χ0n) is 12.1. The third-order valence-electron chi connectivity index (χ3n) is 4.50. The second kappa shape index (κ2) is 5.04. The summed E-state index contributed by atoms with van der Waals surface area (Å²) < 4.78 is 1.87. The van der Waals surface area contributed by atoms with Gasteiger partial charge >= 0.3 is 0 Å².